The molecule has 0 spiro atoms. The molecule has 1 rings (SSSR count). The molecule has 1 aromatic rings. The molecule has 0 aliphatic carbocycles. The SMILES string of the molecule is CCCCCCCC[C@H](CCl)NS(=O)(=O)c1ccc(C)cc1. The molecule has 1 N–H and O–H groups in total. The molecule has 22 heavy (non-hydrogen) atoms. The van der Waals surface area contributed by atoms with E-state index in [1.165, 1.54) is 25.7 Å². The Morgan fingerprint density at radius 3 is 2.23 bits per heavy atom. The lowest BCUT2D eigenvalue weighted by Gasteiger charge is -2.16. The molecule has 0 aromatic heterocycles. The maximum Gasteiger partial charge on any atom is 0.240 e. The minimum Gasteiger partial charge on any atom is -0.207 e. The predicted octanol–water partition coefficient (Wildman–Crippen LogP) is 4.63. The van der Waals surface area contributed by atoms with Crippen LogP contribution in [0.25, 0.3) is 0 Å². The summed E-state index contributed by atoms with van der Waals surface area (Å²) in [5, 5.41) is 0. The zero-order valence-corrected chi connectivity index (χ0v) is 15.2. The molecule has 0 saturated heterocycles. The van der Waals surface area contributed by atoms with Crippen LogP contribution in [0, 0.1) is 6.92 Å². The van der Waals surface area contributed by atoms with Crippen molar-refractivity contribution in [2.45, 2.75) is 69.7 Å². The fraction of sp³-hybridized carbons (Fsp3) is 0.647. The van der Waals surface area contributed by atoms with E-state index < -0.39 is 10.0 Å². The number of nitrogens with one attached hydrogen (secondary N) is 1. The molecule has 0 radical (unpaired) electrons. The zero-order valence-electron chi connectivity index (χ0n) is 13.6. The molecule has 5 heteroatoms. The second-order valence-electron chi connectivity index (χ2n) is 5.84. The second kappa shape index (κ2) is 10.2. The van der Waals surface area contributed by atoms with E-state index in [2.05, 4.69) is 11.6 Å². The second-order valence-corrected chi connectivity index (χ2v) is 7.86. The van der Waals surface area contributed by atoms with Gasteiger partial charge in [0.05, 0.1) is 4.90 Å². The monoisotopic (exact) mass is 345 g/mol. The minimum absolute atomic E-state index is 0.195. The first-order valence-corrected chi connectivity index (χ1v) is 10.2. The van der Waals surface area contributed by atoms with Gasteiger partial charge in [0.2, 0.25) is 10.0 Å². The number of hydrogen-bond donors (Lipinski definition) is 1. The van der Waals surface area contributed by atoms with E-state index in [1.54, 1.807) is 24.3 Å². The van der Waals surface area contributed by atoms with Crippen molar-refractivity contribution in [1.82, 2.24) is 4.72 Å². The summed E-state index contributed by atoms with van der Waals surface area (Å²) < 4.78 is 27.4. The van der Waals surface area contributed by atoms with Crippen LogP contribution in [0.5, 0.6) is 0 Å². The van der Waals surface area contributed by atoms with Crippen molar-refractivity contribution in [3.05, 3.63) is 29.8 Å². The van der Waals surface area contributed by atoms with Gasteiger partial charge in [-0.2, -0.15) is 0 Å². The van der Waals surface area contributed by atoms with E-state index in [0.717, 1.165) is 24.8 Å². The van der Waals surface area contributed by atoms with Gasteiger partial charge >= 0.3 is 0 Å². The van der Waals surface area contributed by atoms with E-state index in [9.17, 15) is 8.42 Å². The molecule has 3 nitrogen and oxygen atoms in total. The summed E-state index contributed by atoms with van der Waals surface area (Å²) >= 11 is 5.92. The van der Waals surface area contributed by atoms with E-state index in [0.29, 0.717) is 10.8 Å². The van der Waals surface area contributed by atoms with Crippen molar-refractivity contribution in [3.8, 4) is 0 Å². The highest BCUT2D eigenvalue weighted by Crippen LogP contribution is 2.14. The van der Waals surface area contributed by atoms with Gasteiger partial charge in [-0.25, -0.2) is 13.1 Å². The summed E-state index contributed by atoms with van der Waals surface area (Å²) in [4.78, 5) is 0.302. The molecule has 0 heterocycles. The molecule has 0 unspecified atom stereocenters. The van der Waals surface area contributed by atoms with Crippen molar-refractivity contribution < 1.29 is 8.42 Å². The Kier molecular flexibility index (Phi) is 9.06. The minimum atomic E-state index is -3.47. The number of unbranched alkanes of at least 4 members (excludes halogenated alkanes) is 5. The van der Waals surface area contributed by atoms with Crippen LogP contribution < -0.4 is 4.72 Å². The Morgan fingerprint density at radius 2 is 1.64 bits per heavy atom. The van der Waals surface area contributed by atoms with Gasteiger partial charge in [-0.05, 0) is 25.5 Å². The fourth-order valence-corrected chi connectivity index (χ4v) is 3.94. The van der Waals surface area contributed by atoms with Gasteiger partial charge in [-0.3, -0.25) is 0 Å². The van der Waals surface area contributed by atoms with Gasteiger partial charge < -0.3 is 0 Å². The Morgan fingerprint density at radius 1 is 1.05 bits per heavy atom. The van der Waals surface area contributed by atoms with E-state index in [-0.39, 0.29) is 6.04 Å². The standard InChI is InChI=1S/C17H28ClNO2S/c1-3-4-5-6-7-8-9-16(14-18)19-22(20,21)17-12-10-15(2)11-13-17/h10-13,16,19H,3-9,14H2,1-2H3/t16-/m1/s1. The molecule has 0 saturated carbocycles. The molecule has 0 amide bonds. The maximum absolute atomic E-state index is 12.3. The van der Waals surface area contributed by atoms with Crippen LogP contribution in [0.2, 0.25) is 0 Å². The highest BCUT2D eigenvalue weighted by Gasteiger charge is 2.19. The van der Waals surface area contributed by atoms with Crippen molar-refractivity contribution >= 4 is 21.6 Å². The normalized spacial score (nSPS) is 13.2. The molecular weight excluding hydrogens is 318 g/mol. The summed E-state index contributed by atoms with van der Waals surface area (Å²) in [5.74, 6) is 0.306. The quantitative estimate of drug-likeness (QED) is 0.469. The average Bonchev–Trinajstić information content (AvgIpc) is 2.49. The van der Waals surface area contributed by atoms with Crippen LogP contribution in [-0.2, 0) is 10.0 Å². The van der Waals surface area contributed by atoms with Crippen molar-refractivity contribution in [3.63, 3.8) is 0 Å². The van der Waals surface area contributed by atoms with Gasteiger partial charge in [-0.15, -0.1) is 11.6 Å². The first kappa shape index (κ1) is 19.5. The van der Waals surface area contributed by atoms with Crippen LogP contribution in [-0.4, -0.2) is 20.3 Å². The Labute approximate surface area is 140 Å². The largest absolute Gasteiger partial charge is 0.240 e. The van der Waals surface area contributed by atoms with E-state index in [1.807, 2.05) is 6.92 Å². The third-order valence-electron chi connectivity index (χ3n) is 3.75. The molecule has 0 bridgehead atoms. The highest BCUT2D eigenvalue weighted by atomic mass is 35.5. The average molecular weight is 346 g/mol. The topological polar surface area (TPSA) is 46.2 Å². The summed E-state index contributed by atoms with van der Waals surface area (Å²) in [6.07, 6.45) is 7.93. The van der Waals surface area contributed by atoms with Gasteiger partial charge in [0.15, 0.2) is 0 Å². The first-order valence-electron chi connectivity index (χ1n) is 8.14. The van der Waals surface area contributed by atoms with Gasteiger partial charge in [0.1, 0.15) is 0 Å². The molecule has 0 aliphatic heterocycles. The van der Waals surface area contributed by atoms with Crippen LogP contribution in [0.4, 0.5) is 0 Å². The van der Waals surface area contributed by atoms with Crippen molar-refractivity contribution in [1.29, 1.82) is 0 Å². The number of rotatable bonds is 11. The number of aryl methyl sites for hydroxylation is 1. The summed E-state index contributed by atoms with van der Waals surface area (Å²) in [5.41, 5.74) is 1.04. The predicted molar refractivity (Wildman–Crippen MR) is 94.0 cm³/mol. The summed E-state index contributed by atoms with van der Waals surface area (Å²) in [6, 6.07) is 6.68. The van der Waals surface area contributed by atoms with Gasteiger partial charge in [0.25, 0.3) is 0 Å². The van der Waals surface area contributed by atoms with Gasteiger partial charge in [-0.1, -0.05) is 63.1 Å². The number of halogens is 1. The Balaban J connectivity index is 2.45. The van der Waals surface area contributed by atoms with Crippen molar-refractivity contribution in [2.75, 3.05) is 5.88 Å². The lowest BCUT2D eigenvalue weighted by atomic mass is 10.1. The first-order chi connectivity index (χ1) is 10.5. The molecule has 1 aromatic carbocycles. The zero-order chi connectivity index (χ0) is 16.4. The highest BCUT2D eigenvalue weighted by molar-refractivity contribution is 7.89. The summed E-state index contributed by atoms with van der Waals surface area (Å²) in [7, 11) is -3.47. The van der Waals surface area contributed by atoms with Crippen LogP contribution >= 0.6 is 11.6 Å². The number of hydrogen-bond acceptors (Lipinski definition) is 2. The van der Waals surface area contributed by atoms with Gasteiger partial charge in [0, 0.05) is 11.9 Å². The fourth-order valence-electron chi connectivity index (χ4n) is 2.34. The molecular formula is C17H28ClNO2S. The Hall–Kier alpha value is -0.580. The van der Waals surface area contributed by atoms with E-state index in [4.69, 9.17) is 11.6 Å². The van der Waals surface area contributed by atoms with E-state index >= 15 is 0 Å². The smallest absolute Gasteiger partial charge is 0.207 e. The molecule has 0 aliphatic rings. The third-order valence-corrected chi connectivity index (χ3v) is 5.65. The number of sulfonamides is 1. The van der Waals surface area contributed by atoms with Crippen LogP contribution in [0.3, 0.4) is 0 Å². The number of benzene rings is 1. The number of alkyl halides is 1. The maximum atomic E-state index is 12.3. The van der Waals surface area contributed by atoms with Crippen LogP contribution in [0.1, 0.15) is 57.4 Å². The summed E-state index contributed by atoms with van der Waals surface area (Å²) in [6.45, 7) is 4.13. The molecule has 1 atom stereocenters. The Bertz CT molecular complexity index is 514. The third kappa shape index (κ3) is 7.12. The lowest BCUT2D eigenvalue weighted by Crippen LogP contribution is -2.36. The molecule has 126 valence electrons. The van der Waals surface area contributed by atoms with Crippen LogP contribution in [0.15, 0.2) is 29.2 Å². The lowest BCUT2D eigenvalue weighted by molar-refractivity contribution is 0.517. The molecule has 0 fully saturated rings. The van der Waals surface area contributed by atoms with Crippen molar-refractivity contribution in [2.24, 2.45) is 0 Å².